The number of hydrogen-bond acceptors (Lipinski definition) is 12. The fourth-order valence-corrected chi connectivity index (χ4v) is 7.57. The van der Waals surface area contributed by atoms with E-state index >= 15 is 0 Å². The minimum Gasteiger partial charge on any atom is -0.373 e. The molecule has 2 atom stereocenters. The number of carbonyl (C=O) groups excluding carboxylic acids is 8. The van der Waals surface area contributed by atoms with E-state index in [1.807, 2.05) is 32.0 Å². The van der Waals surface area contributed by atoms with Crippen molar-refractivity contribution in [3.63, 3.8) is 0 Å². The molecule has 3 rings (SSSR count). The zero-order chi connectivity index (χ0) is 85.9. The summed E-state index contributed by atoms with van der Waals surface area (Å²) in [7, 11) is 5.73. The molecule has 5 N–H and O–H groups in total. The predicted octanol–water partition coefficient (Wildman–Crippen LogP) is 18.5. The smallest absolute Gasteiger partial charge is 0.243 e. The van der Waals surface area contributed by atoms with E-state index in [0.29, 0.717) is 72.9 Å². The van der Waals surface area contributed by atoms with Gasteiger partial charge in [0.1, 0.15) is 23.0 Å². The lowest BCUT2D eigenvalue weighted by atomic mass is 9.89. The molecule has 3 aliphatic rings. The molecule has 0 radical (unpaired) electrons. The van der Waals surface area contributed by atoms with Crippen molar-refractivity contribution in [2.75, 3.05) is 97.8 Å². The van der Waals surface area contributed by atoms with Crippen LogP contribution in [0, 0.1) is 70.9 Å². The highest BCUT2D eigenvalue weighted by Crippen LogP contribution is 2.45. The highest BCUT2D eigenvalue weighted by atomic mass is 35.5. The molecule has 628 valence electrons. The van der Waals surface area contributed by atoms with Crippen LogP contribution in [0.15, 0.2) is 49.6 Å². The van der Waals surface area contributed by atoms with Crippen LogP contribution in [-0.4, -0.2) is 167 Å². The first kappa shape index (κ1) is 116. The number of epoxide rings is 2. The number of amides is 6. The first-order valence-corrected chi connectivity index (χ1v) is 39.8. The quantitative estimate of drug-likeness (QED) is 0.0344. The topological polar surface area (TPSA) is 252 Å². The molecule has 18 nitrogen and oxygen atoms in total. The average Bonchev–Trinajstić information content (AvgIpc) is 1.64. The summed E-state index contributed by atoms with van der Waals surface area (Å²) < 4.78 is 10.2. The van der Waals surface area contributed by atoms with E-state index in [4.69, 9.17) is 49.5 Å². The lowest BCUT2D eigenvalue weighted by molar-refractivity contribution is -0.127. The van der Waals surface area contributed by atoms with E-state index in [1.165, 1.54) is 24.6 Å². The Balaban J connectivity index is -0.000000209. The molecule has 0 aromatic rings. The monoisotopic (exact) mass is 1570 g/mol. The van der Waals surface area contributed by atoms with E-state index in [2.05, 4.69) is 254 Å². The molecule has 2 unspecified atom stereocenters. The van der Waals surface area contributed by atoms with Gasteiger partial charge < -0.3 is 45.9 Å². The number of nitrogens with zero attached hydrogens (tertiary/aromatic N) is 3. The number of ether oxygens (including phenoxy) is 2. The number of nitriles is 1. The maximum Gasteiger partial charge on any atom is 0.243 e. The summed E-state index contributed by atoms with van der Waals surface area (Å²) in [5, 5.41) is 22.6. The number of carbonyl (C=O) groups is 8. The van der Waals surface area contributed by atoms with Gasteiger partial charge in [-0.1, -0.05) is 233 Å². The van der Waals surface area contributed by atoms with Gasteiger partial charge >= 0.3 is 0 Å². The molecule has 2 heterocycles. The van der Waals surface area contributed by atoms with Gasteiger partial charge in [0.2, 0.25) is 35.4 Å². The number of ketones is 2. The van der Waals surface area contributed by atoms with E-state index in [9.17, 15) is 38.4 Å². The normalized spacial score (nSPS) is 14.9. The molecule has 107 heavy (non-hydrogen) atoms. The maximum atomic E-state index is 11.5. The molecule has 3 fully saturated rings. The van der Waals surface area contributed by atoms with E-state index in [-0.39, 0.29) is 97.1 Å². The minimum atomic E-state index is -0.675. The van der Waals surface area contributed by atoms with Crippen LogP contribution < -0.4 is 26.6 Å². The lowest BCUT2D eigenvalue weighted by Gasteiger charge is -2.23. The third-order valence-corrected chi connectivity index (χ3v) is 14.9. The number of halogens is 3. The van der Waals surface area contributed by atoms with Crippen LogP contribution in [0.4, 0.5) is 0 Å². The zero-order valence-corrected chi connectivity index (χ0v) is 76.9. The first-order chi connectivity index (χ1) is 48.0. The van der Waals surface area contributed by atoms with Crippen LogP contribution in [0.5, 0.6) is 0 Å². The van der Waals surface area contributed by atoms with Gasteiger partial charge in [0.15, 0.2) is 5.78 Å². The molecular formula is C86H163Cl3N8O10. The van der Waals surface area contributed by atoms with Crippen LogP contribution in [-0.2, 0) is 47.8 Å². The number of alkyl halides is 3. The minimum absolute atomic E-state index is 0.000849. The van der Waals surface area contributed by atoms with Crippen LogP contribution in [0.2, 0.25) is 0 Å². The molecule has 1 aliphatic carbocycles. The van der Waals surface area contributed by atoms with Crippen LogP contribution in [0.25, 0.3) is 0 Å². The van der Waals surface area contributed by atoms with E-state index in [0.717, 1.165) is 77.8 Å². The third-order valence-electron chi connectivity index (χ3n) is 14.1. The number of hydrogen-bond donors (Lipinski definition) is 5. The maximum absolute atomic E-state index is 11.5. The Hall–Kier alpha value is -4.64. The Kier molecular flexibility index (Phi) is 62.0. The van der Waals surface area contributed by atoms with Crippen molar-refractivity contribution in [3.05, 3.63) is 49.6 Å². The van der Waals surface area contributed by atoms with Gasteiger partial charge in [0.25, 0.3) is 0 Å². The summed E-state index contributed by atoms with van der Waals surface area (Å²) in [4.78, 5) is 91.1. The van der Waals surface area contributed by atoms with Gasteiger partial charge in [-0.05, 0) is 145 Å². The molecule has 0 aromatic heterocycles. The fourth-order valence-electron chi connectivity index (χ4n) is 7.13. The second-order valence-electron chi connectivity index (χ2n) is 40.0. The Morgan fingerprint density at radius 1 is 0.495 bits per heavy atom. The number of nitrogens with one attached hydrogen (secondary N) is 5. The summed E-state index contributed by atoms with van der Waals surface area (Å²) >= 11 is 16.0. The van der Waals surface area contributed by atoms with Gasteiger partial charge in [0.05, 0.1) is 37.4 Å². The van der Waals surface area contributed by atoms with Gasteiger partial charge in [-0.25, -0.2) is 0 Å². The molecule has 1 saturated carbocycles. The molecule has 21 heteroatoms. The Morgan fingerprint density at radius 3 is 1.15 bits per heavy atom. The van der Waals surface area contributed by atoms with Gasteiger partial charge in [-0.2, -0.15) is 5.26 Å². The highest BCUT2D eigenvalue weighted by molar-refractivity contribution is 6.28. The first-order valence-electron chi connectivity index (χ1n) is 38.2. The number of rotatable bonds is 24. The summed E-state index contributed by atoms with van der Waals surface area (Å²) in [5.41, 5.74) is 1.82. The Labute approximate surface area is 671 Å². The highest BCUT2D eigenvalue weighted by Gasteiger charge is 2.50. The van der Waals surface area contributed by atoms with Gasteiger partial charge in [0, 0.05) is 71.8 Å². The molecule has 2 saturated heterocycles. The second kappa shape index (κ2) is 57.4. The summed E-state index contributed by atoms with van der Waals surface area (Å²) in [5.74, 6) is 0.313. The van der Waals surface area contributed by atoms with Crippen LogP contribution in [0.3, 0.4) is 0 Å². The summed E-state index contributed by atoms with van der Waals surface area (Å²) in [6.07, 6.45) is 19.6. The predicted molar refractivity (Wildman–Crippen MR) is 456 cm³/mol. The number of likely N-dealkylation sites (N-methyl/N-ethyl adjacent to an activating group) is 1. The zero-order valence-electron chi connectivity index (χ0n) is 74.6. The van der Waals surface area contributed by atoms with Crippen molar-refractivity contribution < 1.29 is 47.8 Å². The Bertz CT molecular complexity index is 2590. The van der Waals surface area contributed by atoms with Gasteiger partial charge in [-0.3, -0.25) is 38.4 Å². The van der Waals surface area contributed by atoms with E-state index in [1.54, 1.807) is 24.1 Å². The molecule has 2 aliphatic heterocycles. The second-order valence-corrected chi connectivity index (χ2v) is 40.8. The standard InChI is InChI=1S/C11H22N2O.C10H16N2O.C10H18O.C9H18ClNO.C9H17ClO.C9H17NO.C8H15NO.C7H14ClNO.C7H14O.C6H12O/c1-11(2,3)9-12-10(14)7-6-8-13(4)5;1-9(2,3)7-12-8(13)10(6-11)4-5-10;1-5-9(11)7-6-8-10(2,3)4;1-9(2,3)5-6-11(4)8(12)7-10;1-9(2,3)6-4-5-8(11)7-10;1-5-6-8(11)10-7-9(2,3)4;1-5-7(10)9-6-8(2,3)4;1-7(2,3)5-9-6(10)4-8;1-7(2,3)4-6-5-8-6;1-6(2,3)5-4-7-5/h6-7H,8-9H2,1-5H3,(H,12,14);4-5,7H2,1-3H3,(H,12,13);5H,1,6-8H2,2-4H3;5-7H2,1-4H3;4-7H2,1-3H3;5-6H,7H2,1-4H3,(H,10,11);5H,1,6H2,2-4H3,(H,9,10);4-5H2,1-3H3,(H,9,10);6H,4-5H2,1-3H3;5H,4H2,1-3H3/b7-6+;;;;;6-5+;;;;. The number of allylic oxidation sites excluding steroid dienone is 2. The molecule has 0 spiro atoms. The molecule has 6 amide bonds. The van der Waals surface area contributed by atoms with Gasteiger partial charge in [-0.15, -0.1) is 34.8 Å². The van der Waals surface area contributed by atoms with Crippen LogP contribution >= 0.6 is 34.8 Å². The Morgan fingerprint density at radius 2 is 0.879 bits per heavy atom. The number of Topliss-reactive ketones (excluding diaryl/α,β-unsaturated/α-hetero) is 1. The average molecular weight is 1580 g/mol. The van der Waals surface area contributed by atoms with Crippen molar-refractivity contribution in [1.82, 2.24) is 36.4 Å². The summed E-state index contributed by atoms with van der Waals surface area (Å²) in [6.45, 7) is 79.6. The van der Waals surface area contributed by atoms with Crippen molar-refractivity contribution in [3.8, 4) is 6.07 Å². The molecule has 0 aromatic carbocycles. The largest absolute Gasteiger partial charge is 0.373 e. The SMILES string of the molecule is C/C=C/C(=O)NCC(C)(C)C.C=CC(=O)CCCC(C)(C)C.C=CC(=O)NCC(C)(C)C.CC(C)(C)C1CO1.CC(C)(C)CC1CO1.CC(C)(C)CCCC(=O)CCl.CC(C)(C)CNC(=O)C1(C#N)CC1.CC(C)(C)CNC(=O)CCl.CN(C)C/C=C/C(=O)NCC(C)(C)C.CN(CCC(C)(C)C)C(=O)CCl. The summed E-state index contributed by atoms with van der Waals surface area (Å²) in [6, 6.07) is 2.08. The van der Waals surface area contributed by atoms with Crippen LogP contribution in [0.1, 0.15) is 279 Å². The van der Waals surface area contributed by atoms with Crippen molar-refractivity contribution >= 4 is 81.8 Å². The van der Waals surface area contributed by atoms with E-state index < -0.39 is 5.41 Å². The fraction of sp³-hybridized carbons (Fsp3) is 0.802. The van der Waals surface area contributed by atoms with Crippen molar-refractivity contribution in [1.29, 1.82) is 5.26 Å². The lowest BCUT2D eigenvalue weighted by Crippen LogP contribution is -2.37. The van der Waals surface area contributed by atoms with Crippen molar-refractivity contribution in [2.24, 2.45) is 59.6 Å². The molecule has 0 bridgehead atoms. The third kappa shape index (κ3) is 101. The van der Waals surface area contributed by atoms with Crippen molar-refractivity contribution in [2.45, 2.75) is 291 Å². The molecular weight excluding hydrogens is 1410 g/mol.